The smallest absolute Gasteiger partial charge is 0.269 e. The SMILES string of the molecule is Cn1cccc1/C=N\Nc1ccc([N+](=O)[O-])cc1. The molecule has 0 saturated carbocycles. The van der Waals surface area contributed by atoms with Crippen LogP contribution in [-0.2, 0) is 7.05 Å². The number of nitro groups is 1. The van der Waals surface area contributed by atoms with E-state index in [2.05, 4.69) is 10.5 Å². The zero-order valence-electron chi connectivity index (χ0n) is 9.78. The van der Waals surface area contributed by atoms with Crippen molar-refractivity contribution in [2.45, 2.75) is 0 Å². The number of benzene rings is 1. The molecule has 1 aromatic carbocycles. The number of hydrogen-bond acceptors (Lipinski definition) is 4. The van der Waals surface area contributed by atoms with Crippen molar-refractivity contribution in [2.24, 2.45) is 12.1 Å². The van der Waals surface area contributed by atoms with E-state index in [0.29, 0.717) is 5.69 Å². The second kappa shape index (κ2) is 5.13. The molecule has 6 heteroatoms. The maximum atomic E-state index is 10.5. The average Bonchev–Trinajstić information content (AvgIpc) is 2.76. The van der Waals surface area contributed by atoms with E-state index in [1.165, 1.54) is 12.1 Å². The summed E-state index contributed by atoms with van der Waals surface area (Å²) in [5, 5.41) is 14.5. The third-order valence-corrected chi connectivity index (χ3v) is 2.45. The van der Waals surface area contributed by atoms with Crippen molar-refractivity contribution in [3.63, 3.8) is 0 Å². The van der Waals surface area contributed by atoms with Crippen molar-refractivity contribution in [3.8, 4) is 0 Å². The molecule has 0 spiro atoms. The topological polar surface area (TPSA) is 72.5 Å². The van der Waals surface area contributed by atoms with Gasteiger partial charge >= 0.3 is 0 Å². The van der Waals surface area contributed by atoms with Gasteiger partial charge in [0.05, 0.1) is 22.5 Å². The molecule has 92 valence electrons. The van der Waals surface area contributed by atoms with Gasteiger partial charge in [0.15, 0.2) is 0 Å². The van der Waals surface area contributed by atoms with Crippen LogP contribution in [0.25, 0.3) is 0 Å². The highest BCUT2D eigenvalue weighted by Crippen LogP contribution is 2.15. The van der Waals surface area contributed by atoms with Gasteiger partial charge in [-0.3, -0.25) is 15.5 Å². The summed E-state index contributed by atoms with van der Waals surface area (Å²) in [6, 6.07) is 9.94. The second-order valence-corrected chi connectivity index (χ2v) is 3.72. The number of anilines is 1. The summed E-state index contributed by atoms with van der Waals surface area (Å²) in [5.41, 5.74) is 4.53. The number of nitrogens with zero attached hydrogens (tertiary/aromatic N) is 3. The van der Waals surface area contributed by atoms with Crippen molar-refractivity contribution >= 4 is 17.6 Å². The quantitative estimate of drug-likeness (QED) is 0.510. The Morgan fingerprint density at radius 1 is 1.33 bits per heavy atom. The summed E-state index contributed by atoms with van der Waals surface area (Å²) < 4.78 is 1.93. The van der Waals surface area contributed by atoms with Crippen molar-refractivity contribution in [1.82, 2.24) is 4.57 Å². The third-order valence-electron chi connectivity index (χ3n) is 2.45. The molecular formula is C12H12N4O2. The fraction of sp³-hybridized carbons (Fsp3) is 0.0833. The van der Waals surface area contributed by atoms with Gasteiger partial charge in [0.2, 0.25) is 0 Å². The van der Waals surface area contributed by atoms with Crippen molar-refractivity contribution in [2.75, 3.05) is 5.43 Å². The van der Waals surface area contributed by atoms with E-state index in [1.807, 2.05) is 29.9 Å². The Morgan fingerprint density at radius 3 is 2.61 bits per heavy atom. The minimum atomic E-state index is -0.434. The van der Waals surface area contributed by atoms with Crippen LogP contribution in [0.4, 0.5) is 11.4 Å². The Morgan fingerprint density at radius 2 is 2.06 bits per heavy atom. The molecule has 18 heavy (non-hydrogen) atoms. The van der Waals surface area contributed by atoms with Gasteiger partial charge < -0.3 is 4.57 Å². The number of hydrogen-bond donors (Lipinski definition) is 1. The lowest BCUT2D eigenvalue weighted by Crippen LogP contribution is -1.96. The van der Waals surface area contributed by atoms with Gasteiger partial charge in [0.1, 0.15) is 0 Å². The number of nitro benzene ring substituents is 1. The maximum absolute atomic E-state index is 10.5. The lowest BCUT2D eigenvalue weighted by Gasteiger charge is -1.99. The minimum absolute atomic E-state index is 0.0620. The Hall–Kier alpha value is -2.63. The Kier molecular flexibility index (Phi) is 3.38. The molecule has 0 atom stereocenters. The molecule has 2 rings (SSSR count). The molecule has 1 N–H and O–H groups in total. The summed E-state index contributed by atoms with van der Waals surface area (Å²) in [7, 11) is 1.92. The third kappa shape index (κ3) is 2.73. The molecule has 0 fully saturated rings. The number of non-ortho nitro benzene ring substituents is 1. The normalized spacial score (nSPS) is 10.7. The molecule has 2 aromatic rings. The van der Waals surface area contributed by atoms with E-state index in [-0.39, 0.29) is 5.69 Å². The highest BCUT2D eigenvalue weighted by atomic mass is 16.6. The van der Waals surface area contributed by atoms with Crippen molar-refractivity contribution in [3.05, 3.63) is 58.4 Å². The number of hydrazone groups is 1. The first-order chi connectivity index (χ1) is 8.66. The van der Waals surface area contributed by atoms with Crippen LogP contribution in [0, 0.1) is 10.1 Å². The van der Waals surface area contributed by atoms with Gasteiger partial charge in [-0.1, -0.05) is 0 Å². The van der Waals surface area contributed by atoms with Crippen LogP contribution in [-0.4, -0.2) is 15.7 Å². The van der Waals surface area contributed by atoms with Gasteiger partial charge in [0, 0.05) is 25.4 Å². The van der Waals surface area contributed by atoms with E-state index in [0.717, 1.165) is 5.69 Å². The Balaban J connectivity index is 2.00. The minimum Gasteiger partial charge on any atom is -0.350 e. The van der Waals surface area contributed by atoms with Gasteiger partial charge in [0.25, 0.3) is 5.69 Å². The molecule has 0 aliphatic rings. The summed E-state index contributed by atoms with van der Waals surface area (Å²) >= 11 is 0. The van der Waals surface area contributed by atoms with Crippen LogP contribution in [0.1, 0.15) is 5.69 Å². The molecule has 0 saturated heterocycles. The summed E-state index contributed by atoms with van der Waals surface area (Å²) in [5.74, 6) is 0. The number of nitrogens with one attached hydrogen (secondary N) is 1. The van der Waals surface area contributed by atoms with E-state index >= 15 is 0 Å². The predicted molar refractivity (Wildman–Crippen MR) is 69.7 cm³/mol. The molecule has 0 radical (unpaired) electrons. The lowest BCUT2D eigenvalue weighted by atomic mass is 10.3. The first-order valence-electron chi connectivity index (χ1n) is 5.31. The Labute approximate surface area is 104 Å². The molecule has 1 heterocycles. The van der Waals surface area contributed by atoms with E-state index in [9.17, 15) is 10.1 Å². The first kappa shape index (κ1) is 11.8. The van der Waals surface area contributed by atoms with E-state index < -0.39 is 4.92 Å². The molecular weight excluding hydrogens is 232 g/mol. The van der Waals surface area contributed by atoms with Crippen LogP contribution in [0.5, 0.6) is 0 Å². The second-order valence-electron chi connectivity index (χ2n) is 3.72. The number of aryl methyl sites for hydroxylation is 1. The maximum Gasteiger partial charge on any atom is 0.269 e. The first-order valence-corrected chi connectivity index (χ1v) is 5.31. The molecule has 0 bridgehead atoms. The van der Waals surface area contributed by atoms with Gasteiger partial charge in [-0.05, 0) is 24.3 Å². The number of rotatable bonds is 4. The average molecular weight is 244 g/mol. The monoisotopic (exact) mass is 244 g/mol. The fourth-order valence-corrected chi connectivity index (χ4v) is 1.44. The van der Waals surface area contributed by atoms with E-state index in [1.54, 1.807) is 18.3 Å². The van der Waals surface area contributed by atoms with Crippen LogP contribution in [0.3, 0.4) is 0 Å². The summed E-state index contributed by atoms with van der Waals surface area (Å²) in [4.78, 5) is 10.0. The van der Waals surface area contributed by atoms with Gasteiger partial charge in [-0.15, -0.1) is 0 Å². The zero-order chi connectivity index (χ0) is 13.0. The zero-order valence-corrected chi connectivity index (χ0v) is 9.78. The van der Waals surface area contributed by atoms with Crippen LogP contribution in [0.2, 0.25) is 0 Å². The van der Waals surface area contributed by atoms with Crippen molar-refractivity contribution in [1.29, 1.82) is 0 Å². The molecule has 0 amide bonds. The molecule has 0 unspecified atom stereocenters. The summed E-state index contributed by atoms with van der Waals surface area (Å²) in [6.45, 7) is 0. The molecule has 0 aliphatic carbocycles. The lowest BCUT2D eigenvalue weighted by molar-refractivity contribution is -0.384. The largest absolute Gasteiger partial charge is 0.350 e. The van der Waals surface area contributed by atoms with Crippen molar-refractivity contribution < 1.29 is 4.92 Å². The molecule has 6 nitrogen and oxygen atoms in total. The van der Waals surface area contributed by atoms with Gasteiger partial charge in [-0.2, -0.15) is 5.10 Å². The predicted octanol–water partition coefficient (Wildman–Crippen LogP) is 2.38. The van der Waals surface area contributed by atoms with E-state index in [4.69, 9.17) is 0 Å². The van der Waals surface area contributed by atoms with Crippen LogP contribution in [0.15, 0.2) is 47.7 Å². The van der Waals surface area contributed by atoms with Crippen LogP contribution >= 0.6 is 0 Å². The molecule has 0 aliphatic heterocycles. The van der Waals surface area contributed by atoms with Gasteiger partial charge in [-0.25, -0.2) is 0 Å². The number of aromatic nitrogens is 1. The Bertz CT molecular complexity index is 572. The standard InChI is InChI=1S/C12H12N4O2/c1-15-8-2-3-12(15)9-13-14-10-4-6-11(7-5-10)16(17)18/h2-9,14H,1H3/b13-9-. The highest BCUT2D eigenvalue weighted by molar-refractivity contribution is 5.78. The summed E-state index contributed by atoms with van der Waals surface area (Å²) in [6.07, 6.45) is 3.61. The van der Waals surface area contributed by atoms with Crippen LogP contribution < -0.4 is 5.43 Å². The molecule has 1 aromatic heterocycles. The fourth-order valence-electron chi connectivity index (χ4n) is 1.44. The highest BCUT2D eigenvalue weighted by Gasteiger charge is 2.02.